The normalized spacial score (nSPS) is 14.1. The van der Waals surface area contributed by atoms with E-state index in [2.05, 4.69) is 0 Å². The first-order valence-electron chi connectivity index (χ1n) is 3.52. The third kappa shape index (κ3) is 2.53. The third-order valence-corrected chi connectivity index (χ3v) is 2.14. The van der Waals surface area contributed by atoms with Crippen molar-refractivity contribution in [3.8, 4) is 0 Å². The number of hydrogen-bond donors (Lipinski definition) is 1. The molecule has 0 aliphatic rings. The quantitative estimate of drug-likeness (QED) is 0.801. The average molecular weight is 245 g/mol. The summed E-state index contributed by atoms with van der Waals surface area (Å²) in [5.41, 5.74) is -0.438. The SMILES string of the molecule is O[C@@H](c1cc(Cl)ccc1Cl)C(F)(F)F. The molecule has 0 fully saturated rings. The second kappa shape index (κ2) is 3.96. The summed E-state index contributed by atoms with van der Waals surface area (Å²) < 4.78 is 36.3. The van der Waals surface area contributed by atoms with Crippen molar-refractivity contribution >= 4 is 23.2 Å². The summed E-state index contributed by atoms with van der Waals surface area (Å²) in [7, 11) is 0. The second-order valence-electron chi connectivity index (χ2n) is 2.61. The van der Waals surface area contributed by atoms with E-state index < -0.39 is 17.8 Å². The summed E-state index contributed by atoms with van der Waals surface area (Å²) in [5, 5.41) is 8.82. The lowest BCUT2D eigenvalue weighted by Gasteiger charge is -2.16. The Hall–Kier alpha value is -0.450. The number of hydrogen-bond acceptors (Lipinski definition) is 1. The summed E-state index contributed by atoms with van der Waals surface area (Å²) in [5.74, 6) is 0. The van der Waals surface area contributed by atoms with E-state index in [9.17, 15) is 13.2 Å². The van der Waals surface area contributed by atoms with Crippen LogP contribution in [0.2, 0.25) is 10.0 Å². The molecule has 0 unspecified atom stereocenters. The van der Waals surface area contributed by atoms with Crippen molar-refractivity contribution in [1.29, 1.82) is 0 Å². The van der Waals surface area contributed by atoms with Gasteiger partial charge in [0.2, 0.25) is 0 Å². The molecule has 0 aliphatic heterocycles. The van der Waals surface area contributed by atoms with Gasteiger partial charge in [-0.25, -0.2) is 0 Å². The maximum Gasteiger partial charge on any atom is 0.418 e. The zero-order chi connectivity index (χ0) is 10.9. The minimum atomic E-state index is -4.74. The molecular weight excluding hydrogens is 240 g/mol. The minimum absolute atomic E-state index is 0.0905. The van der Waals surface area contributed by atoms with Crippen molar-refractivity contribution in [3.63, 3.8) is 0 Å². The average Bonchev–Trinajstić information content (AvgIpc) is 2.06. The lowest BCUT2D eigenvalue weighted by atomic mass is 10.1. The lowest BCUT2D eigenvalue weighted by molar-refractivity contribution is -0.206. The maximum absolute atomic E-state index is 12.1. The highest BCUT2D eigenvalue weighted by Crippen LogP contribution is 2.36. The molecule has 1 nitrogen and oxygen atoms in total. The van der Waals surface area contributed by atoms with Crippen molar-refractivity contribution in [2.75, 3.05) is 0 Å². The van der Waals surface area contributed by atoms with E-state index in [1.54, 1.807) is 0 Å². The van der Waals surface area contributed by atoms with Crippen LogP contribution in [0, 0.1) is 0 Å². The van der Waals surface area contributed by atoms with Crippen LogP contribution in [0.4, 0.5) is 13.2 Å². The number of benzene rings is 1. The molecule has 0 saturated heterocycles. The van der Waals surface area contributed by atoms with Gasteiger partial charge in [-0.2, -0.15) is 13.2 Å². The van der Waals surface area contributed by atoms with Crippen molar-refractivity contribution in [1.82, 2.24) is 0 Å². The van der Waals surface area contributed by atoms with E-state index in [0.29, 0.717) is 0 Å². The van der Waals surface area contributed by atoms with Gasteiger partial charge in [0.15, 0.2) is 6.10 Å². The fraction of sp³-hybridized carbons (Fsp3) is 0.250. The Kier molecular flexibility index (Phi) is 3.29. The molecule has 0 aliphatic carbocycles. The molecule has 1 N–H and O–H groups in total. The highest BCUT2D eigenvalue weighted by Gasteiger charge is 2.40. The number of aliphatic hydroxyl groups excluding tert-OH is 1. The van der Waals surface area contributed by atoms with Crippen molar-refractivity contribution in [2.45, 2.75) is 12.3 Å². The van der Waals surface area contributed by atoms with Crippen LogP contribution in [0.15, 0.2) is 18.2 Å². The van der Waals surface area contributed by atoms with Gasteiger partial charge in [0, 0.05) is 15.6 Å². The molecule has 0 amide bonds. The second-order valence-corrected chi connectivity index (χ2v) is 3.45. The Morgan fingerprint density at radius 1 is 1.21 bits per heavy atom. The van der Waals surface area contributed by atoms with Crippen LogP contribution in [0.25, 0.3) is 0 Å². The molecule has 0 spiro atoms. The predicted octanol–water partition coefficient (Wildman–Crippen LogP) is 3.59. The van der Waals surface area contributed by atoms with Crippen molar-refractivity contribution in [3.05, 3.63) is 33.8 Å². The molecule has 1 atom stereocenters. The van der Waals surface area contributed by atoms with Crippen molar-refractivity contribution < 1.29 is 18.3 Å². The summed E-state index contributed by atoms with van der Waals surface area (Å²) in [6.07, 6.45) is -7.34. The predicted molar refractivity (Wildman–Crippen MR) is 47.5 cm³/mol. The molecule has 1 aromatic carbocycles. The van der Waals surface area contributed by atoms with Crippen LogP contribution >= 0.6 is 23.2 Å². The van der Waals surface area contributed by atoms with Crippen LogP contribution in [-0.2, 0) is 0 Å². The fourth-order valence-corrected chi connectivity index (χ4v) is 1.30. The van der Waals surface area contributed by atoms with Crippen LogP contribution in [0.3, 0.4) is 0 Å². The molecule has 0 bridgehead atoms. The summed E-state index contributed by atoms with van der Waals surface area (Å²) in [4.78, 5) is 0. The van der Waals surface area contributed by atoms with Crippen LogP contribution in [-0.4, -0.2) is 11.3 Å². The highest BCUT2D eigenvalue weighted by atomic mass is 35.5. The Labute approximate surface area is 88.1 Å². The van der Waals surface area contributed by atoms with Gasteiger partial charge in [0.05, 0.1) is 0 Å². The molecule has 1 aromatic rings. The Morgan fingerprint density at radius 3 is 2.29 bits per heavy atom. The zero-order valence-corrected chi connectivity index (χ0v) is 8.16. The maximum atomic E-state index is 12.1. The molecule has 6 heteroatoms. The van der Waals surface area contributed by atoms with E-state index in [1.807, 2.05) is 0 Å². The molecule has 0 aromatic heterocycles. The Bertz CT molecular complexity index is 338. The molecule has 0 heterocycles. The van der Waals surface area contributed by atoms with Gasteiger partial charge in [0.1, 0.15) is 0 Å². The van der Waals surface area contributed by atoms with Gasteiger partial charge in [-0.05, 0) is 18.2 Å². The summed E-state index contributed by atoms with van der Waals surface area (Å²) in [6.45, 7) is 0. The number of halogens is 5. The van der Waals surface area contributed by atoms with E-state index in [4.69, 9.17) is 28.3 Å². The van der Waals surface area contributed by atoms with Crippen LogP contribution in [0.5, 0.6) is 0 Å². The number of rotatable bonds is 1. The molecule has 78 valence electrons. The molecule has 14 heavy (non-hydrogen) atoms. The van der Waals surface area contributed by atoms with E-state index >= 15 is 0 Å². The fourth-order valence-electron chi connectivity index (χ4n) is 0.900. The first-order valence-corrected chi connectivity index (χ1v) is 4.27. The number of alkyl halides is 3. The van der Waals surface area contributed by atoms with E-state index in [-0.39, 0.29) is 10.0 Å². The summed E-state index contributed by atoms with van der Waals surface area (Å²) in [6, 6.07) is 3.53. The molecular formula is C8H5Cl2F3O. The molecule has 0 radical (unpaired) electrons. The zero-order valence-electron chi connectivity index (χ0n) is 6.65. The van der Waals surface area contributed by atoms with Crippen LogP contribution < -0.4 is 0 Å². The summed E-state index contributed by atoms with van der Waals surface area (Å²) >= 11 is 11.0. The van der Waals surface area contributed by atoms with Gasteiger partial charge >= 0.3 is 6.18 Å². The number of aliphatic hydroxyl groups is 1. The smallest absolute Gasteiger partial charge is 0.379 e. The van der Waals surface area contributed by atoms with Crippen molar-refractivity contribution in [2.24, 2.45) is 0 Å². The highest BCUT2D eigenvalue weighted by molar-refractivity contribution is 6.33. The van der Waals surface area contributed by atoms with E-state index in [0.717, 1.165) is 6.07 Å². The largest absolute Gasteiger partial charge is 0.418 e. The van der Waals surface area contributed by atoms with Gasteiger partial charge in [0.25, 0.3) is 0 Å². The Balaban J connectivity index is 3.12. The standard InChI is InChI=1S/C8H5Cl2F3O/c9-4-1-2-6(10)5(3-4)7(14)8(11,12)13/h1-3,7,14H/t7-/m0/s1. The molecule has 1 rings (SSSR count). The van der Waals surface area contributed by atoms with Crippen LogP contribution in [0.1, 0.15) is 11.7 Å². The van der Waals surface area contributed by atoms with E-state index in [1.165, 1.54) is 12.1 Å². The van der Waals surface area contributed by atoms with Gasteiger partial charge in [-0.1, -0.05) is 23.2 Å². The molecule has 0 saturated carbocycles. The van der Waals surface area contributed by atoms with Gasteiger partial charge in [-0.15, -0.1) is 0 Å². The van der Waals surface area contributed by atoms with Gasteiger partial charge in [-0.3, -0.25) is 0 Å². The first kappa shape index (κ1) is 11.6. The topological polar surface area (TPSA) is 20.2 Å². The first-order chi connectivity index (χ1) is 6.32. The lowest BCUT2D eigenvalue weighted by Crippen LogP contribution is -2.20. The minimum Gasteiger partial charge on any atom is -0.379 e. The van der Waals surface area contributed by atoms with Gasteiger partial charge < -0.3 is 5.11 Å². The monoisotopic (exact) mass is 244 g/mol. The third-order valence-electron chi connectivity index (χ3n) is 1.56. The Morgan fingerprint density at radius 2 is 1.79 bits per heavy atom.